The van der Waals surface area contributed by atoms with Gasteiger partial charge in [-0.1, -0.05) is 0 Å². The van der Waals surface area contributed by atoms with E-state index in [0.29, 0.717) is 41.1 Å². The zero-order valence-electron chi connectivity index (χ0n) is 13.1. The smallest absolute Gasteiger partial charge is 0.255 e. The molecule has 4 rings (SSSR count). The Hall–Kier alpha value is -2.18. The van der Waals surface area contributed by atoms with Crippen LogP contribution in [0.2, 0.25) is 0 Å². The van der Waals surface area contributed by atoms with Gasteiger partial charge in [0.2, 0.25) is 5.71 Å². The topological polar surface area (TPSA) is 80.0 Å². The number of alkyl halides is 1. The lowest BCUT2D eigenvalue weighted by Gasteiger charge is -2.30. The molecule has 0 aromatic carbocycles. The fourth-order valence-electron chi connectivity index (χ4n) is 2.83. The van der Waals surface area contributed by atoms with Crippen molar-refractivity contribution in [3.8, 4) is 0 Å². The lowest BCUT2D eigenvalue weighted by atomic mass is 9.90. The first-order chi connectivity index (χ1) is 10.9. The Morgan fingerprint density at radius 1 is 1.39 bits per heavy atom. The number of hydrogen-bond acceptors (Lipinski definition) is 5. The SMILES string of the molecule is Cc1nc(NC2(C)CC2)c2c(C(=O)NC3CC(F)C3)coc2n1. The van der Waals surface area contributed by atoms with Gasteiger partial charge in [-0.2, -0.15) is 4.98 Å². The molecule has 0 spiro atoms. The maximum absolute atomic E-state index is 12.9. The van der Waals surface area contributed by atoms with Crippen molar-refractivity contribution in [1.82, 2.24) is 15.3 Å². The van der Waals surface area contributed by atoms with Gasteiger partial charge in [0.1, 0.15) is 24.1 Å². The third-order valence-corrected chi connectivity index (χ3v) is 4.63. The summed E-state index contributed by atoms with van der Waals surface area (Å²) >= 11 is 0. The number of fused-ring (bicyclic) bond motifs is 1. The van der Waals surface area contributed by atoms with Gasteiger partial charge in [0.15, 0.2) is 0 Å². The zero-order valence-corrected chi connectivity index (χ0v) is 13.1. The Morgan fingerprint density at radius 2 is 2.13 bits per heavy atom. The molecule has 2 N–H and O–H groups in total. The van der Waals surface area contributed by atoms with Crippen LogP contribution in [-0.2, 0) is 0 Å². The number of hydrogen-bond donors (Lipinski definition) is 2. The molecule has 2 heterocycles. The van der Waals surface area contributed by atoms with Gasteiger partial charge in [0.05, 0.1) is 10.9 Å². The number of furan rings is 1. The lowest BCUT2D eigenvalue weighted by Crippen LogP contribution is -2.45. The van der Waals surface area contributed by atoms with E-state index in [4.69, 9.17) is 4.42 Å². The van der Waals surface area contributed by atoms with Crippen LogP contribution >= 0.6 is 0 Å². The molecule has 2 aromatic heterocycles. The van der Waals surface area contributed by atoms with Crippen LogP contribution in [0.3, 0.4) is 0 Å². The molecule has 7 heteroatoms. The molecular weight excluding hydrogens is 299 g/mol. The molecule has 0 aliphatic heterocycles. The highest BCUT2D eigenvalue weighted by Crippen LogP contribution is 2.40. The van der Waals surface area contributed by atoms with Crippen LogP contribution in [0, 0.1) is 6.92 Å². The number of amides is 1. The Kier molecular flexibility index (Phi) is 3.08. The molecule has 2 fully saturated rings. The summed E-state index contributed by atoms with van der Waals surface area (Å²) in [5, 5.41) is 6.83. The third-order valence-electron chi connectivity index (χ3n) is 4.63. The van der Waals surface area contributed by atoms with Crippen LogP contribution in [0.5, 0.6) is 0 Å². The van der Waals surface area contributed by atoms with Crippen LogP contribution in [-0.4, -0.2) is 33.6 Å². The second-order valence-corrected chi connectivity index (χ2v) is 6.87. The van der Waals surface area contributed by atoms with Crippen molar-refractivity contribution >= 4 is 22.8 Å². The number of halogens is 1. The lowest BCUT2D eigenvalue weighted by molar-refractivity contribution is 0.0861. The summed E-state index contributed by atoms with van der Waals surface area (Å²) < 4.78 is 18.4. The second-order valence-electron chi connectivity index (χ2n) is 6.87. The van der Waals surface area contributed by atoms with E-state index in [9.17, 15) is 9.18 Å². The number of nitrogens with one attached hydrogen (secondary N) is 2. The van der Waals surface area contributed by atoms with Crippen molar-refractivity contribution in [2.24, 2.45) is 0 Å². The Bertz CT molecular complexity index is 778. The average molecular weight is 318 g/mol. The molecule has 0 atom stereocenters. The monoisotopic (exact) mass is 318 g/mol. The molecule has 0 bridgehead atoms. The fourth-order valence-corrected chi connectivity index (χ4v) is 2.83. The standard InChI is InChI=1S/C16H19FN4O2/c1-8-18-13(21-16(2)3-4-16)12-11(7-23-15(12)19-8)14(22)20-10-5-9(17)6-10/h7,9-10H,3-6H2,1-2H3,(H,20,22)(H,18,19,21). The molecule has 2 aliphatic carbocycles. The van der Waals surface area contributed by atoms with Crippen LogP contribution in [0.1, 0.15) is 48.8 Å². The van der Waals surface area contributed by atoms with Gasteiger partial charge in [-0.15, -0.1) is 0 Å². The van der Waals surface area contributed by atoms with E-state index in [0.717, 1.165) is 12.8 Å². The highest BCUT2D eigenvalue weighted by molar-refractivity contribution is 6.09. The molecule has 2 saturated carbocycles. The molecule has 6 nitrogen and oxygen atoms in total. The van der Waals surface area contributed by atoms with Gasteiger partial charge in [-0.25, -0.2) is 9.37 Å². The molecule has 2 aliphatic rings. The highest BCUT2D eigenvalue weighted by atomic mass is 19.1. The van der Waals surface area contributed by atoms with Gasteiger partial charge < -0.3 is 15.1 Å². The van der Waals surface area contributed by atoms with Crippen molar-refractivity contribution in [3.05, 3.63) is 17.7 Å². The van der Waals surface area contributed by atoms with E-state index in [1.807, 2.05) is 0 Å². The van der Waals surface area contributed by atoms with Crippen LogP contribution in [0.4, 0.5) is 10.2 Å². The number of rotatable bonds is 4. The molecule has 23 heavy (non-hydrogen) atoms. The number of aromatic nitrogens is 2. The van der Waals surface area contributed by atoms with E-state index >= 15 is 0 Å². The van der Waals surface area contributed by atoms with Gasteiger partial charge >= 0.3 is 0 Å². The van der Waals surface area contributed by atoms with E-state index in [1.54, 1.807) is 6.92 Å². The van der Waals surface area contributed by atoms with Crippen LogP contribution < -0.4 is 10.6 Å². The third kappa shape index (κ3) is 2.64. The van der Waals surface area contributed by atoms with Crippen molar-refractivity contribution in [1.29, 1.82) is 0 Å². The summed E-state index contributed by atoms with van der Waals surface area (Å²) in [6.07, 6.45) is 3.48. The quantitative estimate of drug-likeness (QED) is 0.906. The van der Waals surface area contributed by atoms with E-state index < -0.39 is 6.17 Å². The minimum absolute atomic E-state index is 0.0220. The Morgan fingerprint density at radius 3 is 2.78 bits per heavy atom. The van der Waals surface area contributed by atoms with Gasteiger partial charge in [-0.3, -0.25) is 4.79 Å². The van der Waals surface area contributed by atoms with Crippen LogP contribution in [0.25, 0.3) is 11.1 Å². The molecular formula is C16H19FN4O2. The Balaban J connectivity index is 1.67. The molecule has 0 saturated heterocycles. The minimum atomic E-state index is -0.806. The maximum atomic E-state index is 12.9. The van der Waals surface area contributed by atoms with Crippen molar-refractivity contribution < 1.29 is 13.6 Å². The first-order valence-electron chi connectivity index (χ1n) is 7.92. The molecule has 0 radical (unpaired) electrons. The van der Waals surface area contributed by atoms with E-state index in [1.165, 1.54) is 6.26 Å². The van der Waals surface area contributed by atoms with Gasteiger partial charge in [-0.05, 0) is 39.5 Å². The van der Waals surface area contributed by atoms with Crippen LogP contribution in [0.15, 0.2) is 10.7 Å². The van der Waals surface area contributed by atoms with Gasteiger partial charge in [0.25, 0.3) is 5.91 Å². The first kappa shape index (κ1) is 14.4. The number of aryl methyl sites for hydroxylation is 1. The van der Waals surface area contributed by atoms with Crippen molar-refractivity contribution in [2.45, 2.75) is 57.3 Å². The predicted molar refractivity (Wildman–Crippen MR) is 83.2 cm³/mol. The normalized spacial score (nSPS) is 25.0. The average Bonchev–Trinajstić information content (AvgIpc) is 3.01. The fraction of sp³-hybridized carbons (Fsp3) is 0.562. The van der Waals surface area contributed by atoms with Crippen molar-refractivity contribution in [3.63, 3.8) is 0 Å². The number of carbonyl (C=O) groups excluding carboxylic acids is 1. The first-order valence-corrected chi connectivity index (χ1v) is 7.92. The van der Waals surface area contributed by atoms with E-state index in [2.05, 4.69) is 27.5 Å². The summed E-state index contributed by atoms with van der Waals surface area (Å²) in [5.41, 5.74) is 0.814. The molecule has 2 aromatic rings. The summed E-state index contributed by atoms with van der Waals surface area (Å²) in [6, 6.07) is -0.105. The van der Waals surface area contributed by atoms with E-state index in [-0.39, 0.29) is 17.5 Å². The predicted octanol–water partition coefficient (Wildman–Crippen LogP) is 2.73. The zero-order chi connectivity index (χ0) is 16.2. The van der Waals surface area contributed by atoms with Gasteiger partial charge in [0, 0.05) is 11.6 Å². The molecule has 1 amide bonds. The number of carbonyl (C=O) groups is 1. The summed E-state index contributed by atoms with van der Waals surface area (Å²) in [6.45, 7) is 3.91. The summed E-state index contributed by atoms with van der Waals surface area (Å²) in [7, 11) is 0. The Labute approximate surface area is 132 Å². The number of anilines is 1. The number of nitrogens with zero attached hydrogens (tertiary/aromatic N) is 2. The maximum Gasteiger partial charge on any atom is 0.255 e. The summed E-state index contributed by atoms with van der Waals surface area (Å²) in [5.74, 6) is 0.949. The van der Waals surface area contributed by atoms with Crippen molar-refractivity contribution in [2.75, 3.05) is 5.32 Å². The minimum Gasteiger partial charge on any atom is -0.445 e. The highest BCUT2D eigenvalue weighted by Gasteiger charge is 2.38. The molecule has 0 unspecified atom stereocenters. The summed E-state index contributed by atoms with van der Waals surface area (Å²) in [4.78, 5) is 21.2. The molecule has 122 valence electrons. The second kappa shape index (κ2) is 4.91. The largest absolute Gasteiger partial charge is 0.445 e.